The van der Waals surface area contributed by atoms with Crippen molar-refractivity contribution in [3.63, 3.8) is 0 Å². The minimum Gasteiger partial charge on any atom is -0.393 e. The van der Waals surface area contributed by atoms with Gasteiger partial charge in [0.25, 0.3) is 0 Å². The number of unbranched alkanes of at least 4 members (excludes halogenated alkanes) is 1. The highest BCUT2D eigenvalue weighted by molar-refractivity contribution is 5.49. The molecule has 0 aromatic carbocycles. The third-order valence-corrected chi connectivity index (χ3v) is 4.94. The molecule has 2 heterocycles. The number of aliphatic hydroxyl groups is 1. The fraction of sp³-hybridized carbons (Fsp3) is 0.923. The number of aliphatic hydroxyl groups excluding tert-OH is 1. The molecule has 16 heavy (non-hydrogen) atoms. The maximum absolute atomic E-state index is 10.3. The predicted octanol–water partition coefficient (Wildman–Crippen LogP) is 1.20. The molecule has 0 amide bonds. The molecule has 2 saturated carbocycles. The van der Waals surface area contributed by atoms with Crippen molar-refractivity contribution in [2.75, 3.05) is 6.54 Å². The van der Waals surface area contributed by atoms with E-state index in [1.807, 2.05) is 0 Å². The van der Waals surface area contributed by atoms with Gasteiger partial charge in [0.2, 0.25) is 0 Å². The van der Waals surface area contributed by atoms with Crippen molar-refractivity contribution >= 4 is 6.29 Å². The summed E-state index contributed by atoms with van der Waals surface area (Å²) in [6.07, 6.45) is 7.49. The van der Waals surface area contributed by atoms with E-state index in [1.54, 1.807) is 0 Å². The summed E-state index contributed by atoms with van der Waals surface area (Å²) in [4.78, 5) is 13.0. The summed E-state index contributed by atoms with van der Waals surface area (Å²) < 4.78 is 0. The zero-order valence-electron chi connectivity index (χ0n) is 9.72. The van der Waals surface area contributed by atoms with Gasteiger partial charge in [-0.1, -0.05) is 0 Å². The Morgan fingerprint density at radius 1 is 1.12 bits per heavy atom. The monoisotopic (exact) mass is 223 g/mol. The normalized spacial score (nSPS) is 46.2. The van der Waals surface area contributed by atoms with Crippen LogP contribution in [0.5, 0.6) is 0 Å². The van der Waals surface area contributed by atoms with Gasteiger partial charge in [-0.05, 0) is 50.5 Å². The number of rotatable bonds is 4. The molecule has 3 nitrogen and oxygen atoms in total. The molecule has 90 valence electrons. The molecule has 0 aromatic heterocycles. The van der Waals surface area contributed by atoms with Crippen LogP contribution in [0.4, 0.5) is 0 Å². The van der Waals surface area contributed by atoms with E-state index in [0.29, 0.717) is 30.3 Å². The lowest BCUT2D eigenvalue weighted by molar-refractivity contribution is -0.130. The Bertz CT molecular complexity index is 249. The van der Waals surface area contributed by atoms with Gasteiger partial charge in [-0.2, -0.15) is 0 Å². The summed E-state index contributed by atoms with van der Waals surface area (Å²) in [6, 6.07) is 1.41. The van der Waals surface area contributed by atoms with Crippen LogP contribution in [0.2, 0.25) is 0 Å². The van der Waals surface area contributed by atoms with Gasteiger partial charge >= 0.3 is 0 Å². The standard InChI is InChI=1S/C13H21NO2/c15-4-2-1-3-14-11-5-9-6-12(14)8-10(7-11)13(9)16/h4,9-13,16H,1-3,5-8H2. The van der Waals surface area contributed by atoms with Crippen molar-refractivity contribution in [3.05, 3.63) is 0 Å². The highest BCUT2D eigenvalue weighted by Gasteiger charge is 2.50. The van der Waals surface area contributed by atoms with E-state index in [2.05, 4.69) is 4.90 Å². The van der Waals surface area contributed by atoms with E-state index in [0.717, 1.165) is 19.3 Å². The van der Waals surface area contributed by atoms with Crippen molar-refractivity contribution in [1.29, 1.82) is 0 Å². The molecular weight excluding hydrogens is 202 g/mol. The van der Waals surface area contributed by atoms with Crippen molar-refractivity contribution in [2.45, 2.75) is 56.7 Å². The van der Waals surface area contributed by atoms with Crippen LogP contribution in [0.3, 0.4) is 0 Å². The lowest BCUT2D eigenvalue weighted by Gasteiger charge is -2.58. The molecule has 0 atom stereocenters. The Kier molecular flexibility index (Phi) is 2.76. The second-order valence-corrected chi connectivity index (χ2v) is 5.81. The summed E-state index contributed by atoms with van der Waals surface area (Å²) in [5.74, 6) is 1.15. The van der Waals surface area contributed by atoms with Gasteiger partial charge in [0.1, 0.15) is 6.29 Å². The number of carbonyl (C=O) groups excluding carboxylic acids is 1. The summed E-state index contributed by atoms with van der Waals surface area (Å²) >= 11 is 0. The van der Waals surface area contributed by atoms with Crippen molar-refractivity contribution in [3.8, 4) is 0 Å². The molecule has 3 heteroatoms. The molecule has 0 aromatic rings. The van der Waals surface area contributed by atoms with Crippen LogP contribution in [0.25, 0.3) is 0 Å². The first-order valence-electron chi connectivity index (χ1n) is 6.67. The highest BCUT2D eigenvalue weighted by atomic mass is 16.3. The van der Waals surface area contributed by atoms with E-state index in [9.17, 15) is 9.90 Å². The highest BCUT2D eigenvalue weighted by Crippen LogP contribution is 2.49. The molecule has 0 spiro atoms. The molecule has 4 aliphatic rings. The van der Waals surface area contributed by atoms with Crippen molar-refractivity contribution < 1.29 is 9.90 Å². The molecule has 1 N–H and O–H groups in total. The van der Waals surface area contributed by atoms with Crippen LogP contribution in [0, 0.1) is 11.8 Å². The Labute approximate surface area is 96.8 Å². The van der Waals surface area contributed by atoms with Gasteiger partial charge in [0, 0.05) is 18.5 Å². The van der Waals surface area contributed by atoms with Gasteiger partial charge in [0.15, 0.2) is 0 Å². The quantitative estimate of drug-likeness (QED) is 0.575. The third-order valence-electron chi connectivity index (χ3n) is 4.94. The summed E-state index contributed by atoms with van der Waals surface area (Å²) in [6.45, 7) is 1.09. The molecule has 0 unspecified atom stereocenters. The molecule has 4 bridgehead atoms. The maximum Gasteiger partial charge on any atom is 0.120 e. The van der Waals surface area contributed by atoms with Crippen molar-refractivity contribution in [1.82, 2.24) is 4.90 Å². The number of piperidine rings is 2. The second-order valence-electron chi connectivity index (χ2n) is 5.81. The molecule has 2 aliphatic carbocycles. The Balaban J connectivity index is 1.64. The lowest BCUT2D eigenvalue weighted by atomic mass is 9.62. The first kappa shape index (κ1) is 10.7. The lowest BCUT2D eigenvalue weighted by Crippen LogP contribution is -2.62. The summed E-state index contributed by atoms with van der Waals surface area (Å²) in [7, 11) is 0. The molecule has 0 radical (unpaired) electrons. The van der Waals surface area contributed by atoms with Crippen LogP contribution in [-0.2, 0) is 4.79 Å². The third kappa shape index (κ3) is 1.61. The van der Waals surface area contributed by atoms with Crippen LogP contribution >= 0.6 is 0 Å². The fourth-order valence-corrected chi connectivity index (χ4v) is 4.29. The van der Waals surface area contributed by atoms with Crippen molar-refractivity contribution in [2.24, 2.45) is 11.8 Å². The van der Waals surface area contributed by atoms with E-state index < -0.39 is 0 Å². The first-order chi connectivity index (χ1) is 7.79. The van der Waals surface area contributed by atoms with Gasteiger partial charge < -0.3 is 9.90 Å². The Hall–Kier alpha value is -0.410. The minimum absolute atomic E-state index is 0.00961. The summed E-state index contributed by atoms with van der Waals surface area (Å²) in [5, 5.41) is 10.1. The number of aldehydes is 1. The number of hydrogen-bond donors (Lipinski definition) is 1. The molecule has 4 fully saturated rings. The molecular formula is C13H21NO2. The van der Waals surface area contributed by atoms with Gasteiger partial charge in [-0.25, -0.2) is 0 Å². The smallest absolute Gasteiger partial charge is 0.120 e. The predicted molar refractivity (Wildman–Crippen MR) is 61.0 cm³/mol. The van der Waals surface area contributed by atoms with Gasteiger partial charge in [-0.15, -0.1) is 0 Å². The average Bonchev–Trinajstić information content (AvgIpc) is 2.26. The van der Waals surface area contributed by atoms with E-state index in [1.165, 1.54) is 25.7 Å². The summed E-state index contributed by atoms with van der Waals surface area (Å²) in [5.41, 5.74) is 0. The maximum atomic E-state index is 10.3. The Morgan fingerprint density at radius 3 is 2.19 bits per heavy atom. The molecule has 2 aliphatic heterocycles. The minimum atomic E-state index is -0.00961. The fourth-order valence-electron chi connectivity index (χ4n) is 4.29. The molecule has 4 rings (SSSR count). The largest absolute Gasteiger partial charge is 0.393 e. The van der Waals surface area contributed by atoms with Crippen LogP contribution in [0.1, 0.15) is 38.5 Å². The van der Waals surface area contributed by atoms with Crippen LogP contribution in [0.15, 0.2) is 0 Å². The zero-order chi connectivity index (χ0) is 11.1. The molecule has 2 saturated heterocycles. The zero-order valence-corrected chi connectivity index (χ0v) is 9.72. The van der Waals surface area contributed by atoms with Crippen LogP contribution in [-0.4, -0.2) is 41.0 Å². The average molecular weight is 223 g/mol. The van der Waals surface area contributed by atoms with Gasteiger partial charge in [-0.3, -0.25) is 4.90 Å². The van der Waals surface area contributed by atoms with Gasteiger partial charge in [0.05, 0.1) is 6.10 Å². The second kappa shape index (κ2) is 4.11. The van der Waals surface area contributed by atoms with Crippen LogP contribution < -0.4 is 0 Å². The number of hydrogen-bond acceptors (Lipinski definition) is 3. The number of nitrogens with zero attached hydrogens (tertiary/aromatic N) is 1. The van der Waals surface area contributed by atoms with E-state index >= 15 is 0 Å². The van der Waals surface area contributed by atoms with E-state index in [4.69, 9.17) is 0 Å². The Morgan fingerprint density at radius 2 is 1.69 bits per heavy atom. The SMILES string of the molecule is O=CCCCN1C2CC3CC1CC(C2)C3O. The number of carbonyl (C=O) groups is 1. The van der Waals surface area contributed by atoms with E-state index in [-0.39, 0.29) is 6.10 Å². The topological polar surface area (TPSA) is 40.5 Å². The first-order valence-corrected chi connectivity index (χ1v) is 6.67.